The van der Waals surface area contributed by atoms with Crippen LogP contribution in [0.4, 0.5) is 5.13 Å². The Balaban J connectivity index is 1.79. The minimum atomic E-state index is 0.822. The number of nitrogens with one attached hydrogen (secondary N) is 1. The van der Waals surface area contributed by atoms with Gasteiger partial charge in [0.2, 0.25) is 5.13 Å². The molecule has 0 saturated heterocycles. The van der Waals surface area contributed by atoms with Crippen molar-refractivity contribution in [1.29, 1.82) is 0 Å². The van der Waals surface area contributed by atoms with Crippen LogP contribution in [0.5, 0.6) is 0 Å². The Bertz CT molecular complexity index is 337. The lowest BCUT2D eigenvalue weighted by Gasteiger charge is -2.28. The molecule has 96 valence electrons. The van der Waals surface area contributed by atoms with Crippen molar-refractivity contribution in [3.63, 3.8) is 0 Å². The molecule has 1 N–H and O–H groups in total. The Morgan fingerprint density at radius 3 is 2.94 bits per heavy atom. The van der Waals surface area contributed by atoms with Gasteiger partial charge in [0, 0.05) is 24.5 Å². The molecule has 0 aliphatic heterocycles. The van der Waals surface area contributed by atoms with Gasteiger partial charge in [0.25, 0.3) is 0 Å². The molecule has 0 radical (unpaired) electrons. The molecule has 1 fully saturated rings. The van der Waals surface area contributed by atoms with Crippen LogP contribution in [0.15, 0.2) is 0 Å². The van der Waals surface area contributed by atoms with Crippen LogP contribution in [0, 0.1) is 11.8 Å². The van der Waals surface area contributed by atoms with Crippen LogP contribution in [0.1, 0.15) is 51.8 Å². The molecule has 1 saturated carbocycles. The van der Waals surface area contributed by atoms with Gasteiger partial charge in [-0.2, -0.15) is 4.37 Å². The molecule has 1 aliphatic rings. The van der Waals surface area contributed by atoms with Crippen molar-refractivity contribution in [3.05, 3.63) is 5.82 Å². The smallest absolute Gasteiger partial charge is 0.202 e. The first-order chi connectivity index (χ1) is 8.29. The predicted octanol–water partition coefficient (Wildman–Crippen LogP) is 3.73. The summed E-state index contributed by atoms with van der Waals surface area (Å²) in [6, 6.07) is 0. The third-order valence-electron chi connectivity index (χ3n) is 3.75. The number of nitrogens with zero attached hydrogens (tertiary/aromatic N) is 2. The van der Waals surface area contributed by atoms with Crippen molar-refractivity contribution in [2.45, 2.75) is 52.4 Å². The molecule has 0 spiro atoms. The molecular formula is C13H23N3S. The monoisotopic (exact) mass is 253 g/mol. The Kier molecular flexibility index (Phi) is 4.77. The number of hydrogen-bond donors (Lipinski definition) is 1. The highest BCUT2D eigenvalue weighted by Crippen LogP contribution is 2.29. The molecule has 1 aromatic rings. The maximum atomic E-state index is 4.51. The summed E-state index contributed by atoms with van der Waals surface area (Å²) in [5.74, 6) is 2.68. The third kappa shape index (κ3) is 3.66. The van der Waals surface area contributed by atoms with E-state index in [-0.39, 0.29) is 0 Å². The topological polar surface area (TPSA) is 37.8 Å². The number of aryl methyl sites for hydroxylation is 1. The van der Waals surface area contributed by atoms with E-state index in [1.165, 1.54) is 37.2 Å². The molecule has 1 aliphatic carbocycles. The van der Waals surface area contributed by atoms with E-state index in [1.54, 1.807) is 0 Å². The molecule has 0 bridgehead atoms. The Morgan fingerprint density at radius 2 is 2.18 bits per heavy atom. The van der Waals surface area contributed by atoms with E-state index in [0.29, 0.717) is 0 Å². The van der Waals surface area contributed by atoms with Crippen molar-refractivity contribution >= 4 is 16.7 Å². The Hall–Kier alpha value is -0.640. The Morgan fingerprint density at radius 1 is 1.35 bits per heavy atom. The van der Waals surface area contributed by atoms with Gasteiger partial charge in [-0.25, -0.2) is 4.98 Å². The zero-order chi connectivity index (χ0) is 12.1. The van der Waals surface area contributed by atoms with Crippen molar-refractivity contribution in [2.75, 3.05) is 11.9 Å². The standard InChI is InChI=1S/C13H23N3S/c1-3-6-12-15-13(17-16-12)14-9-11-8-5-4-7-10(11)2/h10-11H,3-9H2,1-2H3,(H,14,15,16). The minimum Gasteiger partial charge on any atom is -0.360 e. The summed E-state index contributed by atoms with van der Waals surface area (Å²) in [5, 5.41) is 4.47. The van der Waals surface area contributed by atoms with Crippen LogP contribution in [-0.2, 0) is 6.42 Å². The largest absolute Gasteiger partial charge is 0.360 e. The van der Waals surface area contributed by atoms with E-state index in [4.69, 9.17) is 0 Å². The first-order valence-electron chi connectivity index (χ1n) is 6.86. The van der Waals surface area contributed by atoms with Gasteiger partial charge in [-0.05, 0) is 24.7 Å². The minimum absolute atomic E-state index is 0.822. The number of hydrogen-bond acceptors (Lipinski definition) is 4. The maximum Gasteiger partial charge on any atom is 0.202 e. The predicted molar refractivity (Wildman–Crippen MR) is 73.5 cm³/mol. The third-order valence-corrected chi connectivity index (χ3v) is 4.46. The van der Waals surface area contributed by atoms with Crippen molar-refractivity contribution in [1.82, 2.24) is 9.36 Å². The quantitative estimate of drug-likeness (QED) is 0.869. The zero-order valence-corrected chi connectivity index (χ0v) is 11.7. The van der Waals surface area contributed by atoms with Crippen molar-refractivity contribution in [3.8, 4) is 0 Å². The lowest BCUT2D eigenvalue weighted by molar-refractivity contribution is 0.268. The summed E-state index contributed by atoms with van der Waals surface area (Å²) in [5.41, 5.74) is 0. The average molecular weight is 253 g/mol. The van der Waals surface area contributed by atoms with Crippen LogP contribution in [0.25, 0.3) is 0 Å². The Labute approximate surface area is 108 Å². The van der Waals surface area contributed by atoms with E-state index in [0.717, 1.165) is 42.2 Å². The van der Waals surface area contributed by atoms with E-state index in [9.17, 15) is 0 Å². The number of anilines is 1. The molecule has 0 amide bonds. The lowest BCUT2D eigenvalue weighted by atomic mass is 9.80. The van der Waals surface area contributed by atoms with Gasteiger partial charge in [-0.3, -0.25) is 0 Å². The molecule has 4 heteroatoms. The average Bonchev–Trinajstić information content (AvgIpc) is 2.76. The fourth-order valence-corrected chi connectivity index (χ4v) is 3.18. The summed E-state index contributed by atoms with van der Waals surface area (Å²) < 4.78 is 4.36. The molecule has 2 atom stereocenters. The van der Waals surface area contributed by atoms with E-state index < -0.39 is 0 Å². The summed E-state index contributed by atoms with van der Waals surface area (Å²) >= 11 is 1.51. The molecule has 2 unspecified atom stereocenters. The summed E-state index contributed by atoms with van der Waals surface area (Å²) in [7, 11) is 0. The highest BCUT2D eigenvalue weighted by atomic mass is 32.1. The molecule has 0 aromatic carbocycles. The van der Waals surface area contributed by atoms with Crippen LogP contribution < -0.4 is 5.32 Å². The first-order valence-corrected chi connectivity index (χ1v) is 7.63. The molecule has 1 heterocycles. The SMILES string of the molecule is CCCc1nsc(NCC2CCCCC2C)n1. The van der Waals surface area contributed by atoms with E-state index in [1.807, 2.05) is 0 Å². The zero-order valence-electron chi connectivity index (χ0n) is 10.9. The van der Waals surface area contributed by atoms with Crippen LogP contribution >= 0.6 is 11.5 Å². The van der Waals surface area contributed by atoms with Crippen molar-refractivity contribution < 1.29 is 0 Å². The first kappa shape index (κ1) is 12.8. The molecular weight excluding hydrogens is 230 g/mol. The summed E-state index contributed by atoms with van der Waals surface area (Å²) in [6.45, 7) is 5.62. The van der Waals surface area contributed by atoms with Crippen LogP contribution in [-0.4, -0.2) is 15.9 Å². The second-order valence-corrected chi connectivity index (χ2v) is 5.92. The van der Waals surface area contributed by atoms with Gasteiger partial charge in [0.1, 0.15) is 5.82 Å². The number of rotatable bonds is 5. The van der Waals surface area contributed by atoms with E-state index in [2.05, 4.69) is 28.5 Å². The maximum absolute atomic E-state index is 4.51. The van der Waals surface area contributed by atoms with E-state index >= 15 is 0 Å². The van der Waals surface area contributed by atoms with Gasteiger partial charge in [0.15, 0.2) is 0 Å². The van der Waals surface area contributed by atoms with Gasteiger partial charge in [-0.15, -0.1) is 0 Å². The molecule has 1 aromatic heterocycles. The fourth-order valence-electron chi connectivity index (χ4n) is 2.57. The molecule has 3 nitrogen and oxygen atoms in total. The highest BCUT2D eigenvalue weighted by Gasteiger charge is 2.21. The van der Waals surface area contributed by atoms with Crippen LogP contribution in [0.3, 0.4) is 0 Å². The summed E-state index contributed by atoms with van der Waals surface area (Å²) in [4.78, 5) is 4.51. The van der Waals surface area contributed by atoms with Gasteiger partial charge in [0.05, 0.1) is 0 Å². The van der Waals surface area contributed by atoms with Gasteiger partial charge >= 0.3 is 0 Å². The second kappa shape index (κ2) is 6.34. The van der Waals surface area contributed by atoms with Gasteiger partial charge in [-0.1, -0.05) is 33.1 Å². The van der Waals surface area contributed by atoms with Gasteiger partial charge < -0.3 is 5.32 Å². The second-order valence-electron chi connectivity index (χ2n) is 5.17. The fraction of sp³-hybridized carbons (Fsp3) is 0.846. The molecule has 17 heavy (non-hydrogen) atoms. The highest BCUT2D eigenvalue weighted by molar-refractivity contribution is 7.09. The normalized spacial score (nSPS) is 24.8. The molecule has 2 rings (SSSR count). The number of aromatic nitrogens is 2. The van der Waals surface area contributed by atoms with Crippen LogP contribution in [0.2, 0.25) is 0 Å². The van der Waals surface area contributed by atoms with Crippen molar-refractivity contribution in [2.24, 2.45) is 11.8 Å². The lowest BCUT2D eigenvalue weighted by Crippen LogP contribution is -2.24. The summed E-state index contributed by atoms with van der Waals surface area (Å²) in [6.07, 6.45) is 7.69.